The second-order valence-electron chi connectivity index (χ2n) is 13.5. The molecule has 0 aliphatic carbocycles. The van der Waals surface area contributed by atoms with E-state index in [0.29, 0.717) is 49.1 Å². The highest BCUT2D eigenvalue weighted by molar-refractivity contribution is 7.63. The average Bonchev–Trinajstić information content (AvgIpc) is 3.49. The van der Waals surface area contributed by atoms with E-state index in [1.165, 1.54) is 34.6 Å². The molecule has 0 radical (unpaired) electrons. The molecule has 0 aromatic heterocycles. The summed E-state index contributed by atoms with van der Waals surface area (Å²) in [4.78, 5) is 0. The zero-order valence-electron chi connectivity index (χ0n) is 28.9. The molecule has 6 heteroatoms. The fourth-order valence-electron chi connectivity index (χ4n) is 7.64. The Kier molecular flexibility index (Phi) is 12.9. The molecule has 0 bridgehead atoms. The van der Waals surface area contributed by atoms with Gasteiger partial charge in [-0.3, -0.25) is 0 Å². The van der Waals surface area contributed by atoms with Crippen molar-refractivity contribution in [2.45, 2.75) is 101 Å². The summed E-state index contributed by atoms with van der Waals surface area (Å²) in [6.45, 7) is 12.2. The van der Waals surface area contributed by atoms with Crippen molar-refractivity contribution in [1.82, 2.24) is 0 Å². The Hall–Kier alpha value is -2.42. The number of ether oxygens (including phenoxy) is 4. The van der Waals surface area contributed by atoms with E-state index in [-0.39, 0.29) is 40.3 Å². The predicted molar refractivity (Wildman–Crippen MR) is 201 cm³/mol. The summed E-state index contributed by atoms with van der Waals surface area (Å²) < 4.78 is 27.0. The van der Waals surface area contributed by atoms with Crippen LogP contribution >= 0.6 is 15.8 Å². The summed E-state index contributed by atoms with van der Waals surface area (Å²) in [5.74, 6) is 0. The van der Waals surface area contributed by atoms with Crippen molar-refractivity contribution in [3.8, 4) is 0 Å². The van der Waals surface area contributed by atoms with Gasteiger partial charge in [0.2, 0.25) is 0 Å². The Morgan fingerprint density at radius 3 is 0.771 bits per heavy atom. The smallest absolute Gasteiger partial charge is 0.0912 e. The number of rotatable bonds is 15. The molecule has 48 heavy (non-hydrogen) atoms. The lowest BCUT2D eigenvalue weighted by Gasteiger charge is -2.28. The molecule has 0 amide bonds. The topological polar surface area (TPSA) is 36.9 Å². The van der Waals surface area contributed by atoms with Crippen LogP contribution in [0.4, 0.5) is 0 Å². The fraction of sp³-hybridized carbons (Fsp3) is 0.429. The molecule has 0 unspecified atom stereocenters. The van der Waals surface area contributed by atoms with Gasteiger partial charge in [-0.2, -0.15) is 0 Å². The van der Waals surface area contributed by atoms with Gasteiger partial charge in [-0.1, -0.05) is 165 Å². The largest absolute Gasteiger partial charge is 0.370 e. The van der Waals surface area contributed by atoms with Crippen molar-refractivity contribution in [1.29, 1.82) is 0 Å². The normalized spacial score (nSPS) is 30.1. The molecule has 2 saturated heterocycles. The second kappa shape index (κ2) is 17.5. The van der Waals surface area contributed by atoms with E-state index in [2.05, 4.69) is 149 Å². The summed E-state index contributed by atoms with van der Waals surface area (Å²) >= 11 is 0. The first-order valence-electron chi connectivity index (χ1n) is 17.6. The molecule has 0 saturated carbocycles. The van der Waals surface area contributed by atoms with E-state index in [1.54, 1.807) is 0 Å². The van der Waals surface area contributed by atoms with E-state index >= 15 is 0 Å². The lowest BCUT2D eigenvalue weighted by molar-refractivity contribution is -0.0758. The van der Waals surface area contributed by atoms with Gasteiger partial charge in [-0.05, 0) is 34.6 Å². The second-order valence-corrected chi connectivity index (χ2v) is 19.7. The Bertz CT molecular complexity index is 1270. The average molecular weight is 683 g/mol. The van der Waals surface area contributed by atoms with Crippen molar-refractivity contribution in [3.63, 3.8) is 0 Å². The molecule has 254 valence electrons. The van der Waals surface area contributed by atoms with Crippen molar-refractivity contribution >= 4 is 15.8 Å². The molecule has 2 fully saturated rings. The molecule has 2 aliphatic rings. The Morgan fingerprint density at radius 2 is 0.562 bits per heavy atom. The maximum absolute atomic E-state index is 6.76. The van der Waals surface area contributed by atoms with Gasteiger partial charge in [-0.15, -0.1) is 0 Å². The molecular formula is C42H52O4P2. The Morgan fingerprint density at radius 1 is 0.354 bits per heavy atom. The minimum Gasteiger partial charge on any atom is -0.370 e. The highest BCUT2D eigenvalue weighted by Gasteiger charge is 2.50. The highest BCUT2D eigenvalue weighted by Crippen LogP contribution is 2.62. The van der Waals surface area contributed by atoms with Gasteiger partial charge in [0.25, 0.3) is 0 Å². The minimum absolute atomic E-state index is 0.0881. The molecule has 0 spiro atoms. The van der Waals surface area contributed by atoms with E-state index in [4.69, 9.17) is 18.9 Å². The van der Waals surface area contributed by atoms with Crippen molar-refractivity contribution in [2.24, 2.45) is 0 Å². The molecule has 0 N–H and O–H groups in total. The third kappa shape index (κ3) is 8.83. The molecular weight excluding hydrogens is 630 g/mol. The standard InChI is InChI=1S/C42H52O4P2/c1-31-39(43-27-35-17-9-5-10-18-35)40(44-28-36-19-11-6-12-20-36)32(2)47(31)25-26-48-33(3)41(45-29-37-21-13-7-14-22-37)42(34(48)4)46-30-38-23-15-8-16-24-38/h5-24,31-34,39-42H,25-30H2,1-4H3/t31-,32-,33-,34-,39+,40+,41+,42+/m0/s1. The van der Waals surface area contributed by atoms with E-state index in [1.807, 2.05) is 0 Å². The molecule has 4 nitrogen and oxygen atoms in total. The first-order chi connectivity index (χ1) is 23.5. The van der Waals surface area contributed by atoms with Crippen LogP contribution in [0.1, 0.15) is 49.9 Å². The van der Waals surface area contributed by atoms with Crippen LogP contribution in [-0.2, 0) is 45.4 Å². The number of benzene rings is 4. The maximum atomic E-state index is 6.76. The van der Waals surface area contributed by atoms with Crippen molar-refractivity contribution < 1.29 is 18.9 Å². The quantitative estimate of drug-likeness (QED) is 0.117. The first-order valence-corrected chi connectivity index (χ1v) is 21.0. The lowest BCUT2D eigenvalue weighted by atomic mass is 10.1. The lowest BCUT2D eigenvalue weighted by Crippen LogP contribution is -2.36. The van der Waals surface area contributed by atoms with Crippen LogP contribution in [0.3, 0.4) is 0 Å². The van der Waals surface area contributed by atoms with E-state index in [9.17, 15) is 0 Å². The third-order valence-corrected chi connectivity index (χ3v) is 17.6. The third-order valence-electron chi connectivity index (χ3n) is 10.4. The summed E-state index contributed by atoms with van der Waals surface area (Å²) in [6, 6.07) is 42.3. The van der Waals surface area contributed by atoms with Crippen molar-refractivity contribution in [3.05, 3.63) is 144 Å². The van der Waals surface area contributed by atoms with Crippen LogP contribution in [0.15, 0.2) is 121 Å². The zero-order valence-corrected chi connectivity index (χ0v) is 30.7. The molecule has 2 aliphatic heterocycles. The van der Waals surface area contributed by atoms with Gasteiger partial charge in [0.05, 0.1) is 50.8 Å². The molecule has 4 aromatic carbocycles. The van der Waals surface area contributed by atoms with Crippen LogP contribution in [0, 0.1) is 0 Å². The van der Waals surface area contributed by atoms with Crippen LogP contribution in [0.2, 0.25) is 0 Å². The monoisotopic (exact) mass is 682 g/mol. The van der Waals surface area contributed by atoms with Crippen LogP contribution in [0.25, 0.3) is 0 Å². The van der Waals surface area contributed by atoms with Crippen LogP contribution in [0.5, 0.6) is 0 Å². The Balaban J connectivity index is 1.14. The first kappa shape index (κ1) is 35.4. The zero-order chi connectivity index (χ0) is 33.3. The summed E-state index contributed by atoms with van der Waals surface area (Å²) in [7, 11) is -0.587. The summed E-state index contributed by atoms with van der Waals surface area (Å²) in [6.07, 6.45) is 2.84. The van der Waals surface area contributed by atoms with Gasteiger partial charge >= 0.3 is 0 Å². The van der Waals surface area contributed by atoms with Gasteiger partial charge in [0, 0.05) is 22.6 Å². The SMILES string of the molecule is C[C@H]1[C@@H](OCc2ccccc2)[C@H](OCc2ccccc2)[C@H](C)P1CCP1[C@@H](C)[C@@H](OCc2ccccc2)[C@H](OCc2ccccc2)[C@@H]1C. The highest BCUT2D eigenvalue weighted by atomic mass is 31.1. The summed E-state index contributed by atoms with van der Waals surface area (Å²) in [5, 5.41) is 0. The van der Waals surface area contributed by atoms with E-state index in [0.717, 1.165) is 0 Å². The Labute approximate surface area is 291 Å². The molecule has 6 rings (SSSR count). The van der Waals surface area contributed by atoms with E-state index < -0.39 is 0 Å². The van der Waals surface area contributed by atoms with Gasteiger partial charge in [-0.25, -0.2) is 0 Å². The summed E-state index contributed by atoms with van der Waals surface area (Å²) in [5.41, 5.74) is 6.75. The van der Waals surface area contributed by atoms with Gasteiger partial charge in [0.15, 0.2) is 0 Å². The van der Waals surface area contributed by atoms with Crippen LogP contribution < -0.4 is 0 Å². The molecule has 8 atom stereocenters. The van der Waals surface area contributed by atoms with Gasteiger partial charge in [0.1, 0.15) is 0 Å². The molecule has 2 heterocycles. The number of hydrogen-bond acceptors (Lipinski definition) is 4. The fourth-order valence-corrected chi connectivity index (χ4v) is 15.1. The van der Waals surface area contributed by atoms with Crippen molar-refractivity contribution in [2.75, 3.05) is 12.3 Å². The number of hydrogen-bond donors (Lipinski definition) is 0. The maximum Gasteiger partial charge on any atom is 0.0912 e. The predicted octanol–water partition coefficient (Wildman–Crippen LogP) is 9.87. The molecule has 4 aromatic rings. The van der Waals surface area contributed by atoms with Crippen LogP contribution in [-0.4, -0.2) is 59.4 Å². The minimum atomic E-state index is -0.293. The van der Waals surface area contributed by atoms with Gasteiger partial charge < -0.3 is 18.9 Å².